The van der Waals surface area contributed by atoms with Gasteiger partial charge in [0.2, 0.25) is 0 Å². The van der Waals surface area contributed by atoms with E-state index in [1.54, 1.807) is 23.9 Å². The highest BCUT2D eigenvalue weighted by atomic mass is 32.2. The number of rotatable bonds is 5. The van der Waals surface area contributed by atoms with Crippen molar-refractivity contribution >= 4 is 30.3 Å². The number of carbonyl (C=O) groups excluding carboxylic acids is 1. The van der Waals surface area contributed by atoms with E-state index in [9.17, 15) is 4.79 Å². The Hall–Kier alpha value is -0.610. The van der Waals surface area contributed by atoms with E-state index in [1.165, 1.54) is 0 Å². The zero-order valence-corrected chi connectivity index (χ0v) is 11.3. The van der Waals surface area contributed by atoms with Crippen molar-refractivity contribution in [2.75, 3.05) is 12.0 Å². The fourth-order valence-corrected chi connectivity index (χ4v) is 2.21. The molecule has 0 saturated carbocycles. The van der Waals surface area contributed by atoms with E-state index in [0.29, 0.717) is 5.56 Å². The molecule has 0 bridgehead atoms. The maximum Gasteiger partial charge on any atom is 0.251 e. The van der Waals surface area contributed by atoms with Gasteiger partial charge in [-0.05, 0) is 36.9 Å². The van der Waals surface area contributed by atoms with Gasteiger partial charge in [-0.15, -0.1) is 12.6 Å². The molecule has 4 heteroatoms. The molecule has 0 aliphatic rings. The maximum atomic E-state index is 11.9. The van der Waals surface area contributed by atoms with Crippen LogP contribution in [-0.4, -0.2) is 24.0 Å². The van der Waals surface area contributed by atoms with Gasteiger partial charge < -0.3 is 5.32 Å². The second-order valence-corrected chi connectivity index (χ2v) is 5.01. The van der Waals surface area contributed by atoms with Gasteiger partial charge in [-0.1, -0.05) is 6.92 Å². The third kappa shape index (κ3) is 4.10. The molecule has 1 amide bonds. The number of hydrogen-bond donors (Lipinski definition) is 2. The molecular weight excluding hydrogens is 238 g/mol. The molecular formula is C12H17NOS2. The monoisotopic (exact) mass is 255 g/mol. The number of thiol groups is 1. The van der Waals surface area contributed by atoms with Crippen molar-refractivity contribution in [1.29, 1.82) is 0 Å². The highest BCUT2D eigenvalue weighted by Gasteiger charge is 2.11. The third-order valence-electron chi connectivity index (χ3n) is 2.33. The van der Waals surface area contributed by atoms with Crippen molar-refractivity contribution in [1.82, 2.24) is 5.32 Å². The largest absolute Gasteiger partial charge is 0.348 e. The molecule has 0 radical (unpaired) electrons. The molecule has 88 valence electrons. The highest BCUT2D eigenvalue weighted by molar-refractivity contribution is 7.98. The van der Waals surface area contributed by atoms with Crippen LogP contribution in [0.3, 0.4) is 0 Å². The van der Waals surface area contributed by atoms with Crippen molar-refractivity contribution in [3.05, 3.63) is 29.8 Å². The molecule has 0 aliphatic heterocycles. The second kappa shape index (κ2) is 6.86. The summed E-state index contributed by atoms with van der Waals surface area (Å²) in [5, 5.41) is 3.02. The lowest BCUT2D eigenvalue weighted by Gasteiger charge is -2.15. The maximum absolute atomic E-state index is 11.9. The molecule has 1 aromatic carbocycles. The van der Waals surface area contributed by atoms with Crippen LogP contribution in [-0.2, 0) is 0 Å². The Morgan fingerprint density at radius 1 is 1.44 bits per heavy atom. The number of amides is 1. The van der Waals surface area contributed by atoms with Gasteiger partial charge in [0.05, 0.1) is 0 Å². The van der Waals surface area contributed by atoms with Crippen LogP contribution < -0.4 is 5.32 Å². The third-order valence-corrected chi connectivity index (χ3v) is 3.36. The first-order valence-electron chi connectivity index (χ1n) is 5.26. The van der Waals surface area contributed by atoms with Gasteiger partial charge in [0.1, 0.15) is 0 Å². The van der Waals surface area contributed by atoms with Gasteiger partial charge in [-0.25, -0.2) is 0 Å². The lowest BCUT2D eigenvalue weighted by atomic mass is 10.2. The summed E-state index contributed by atoms with van der Waals surface area (Å²) in [6.45, 7) is 2.08. The van der Waals surface area contributed by atoms with E-state index in [-0.39, 0.29) is 11.9 Å². The molecule has 0 fully saturated rings. The van der Waals surface area contributed by atoms with E-state index < -0.39 is 0 Å². The van der Waals surface area contributed by atoms with Crippen molar-refractivity contribution in [3.8, 4) is 0 Å². The second-order valence-electron chi connectivity index (χ2n) is 3.58. The van der Waals surface area contributed by atoms with E-state index >= 15 is 0 Å². The Morgan fingerprint density at radius 2 is 2.06 bits per heavy atom. The van der Waals surface area contributed by atoms with Crippen molar-refractivity contribution < 1.29 is 4.79 Å². The Labute approximate surface area is 107 Å². The summed E-state index contributed by atoms with van der Waals surface area (Å²) < 4.78 is 0. The normalized spacial score (nSPS) is 12.2. The van der Waals surface area contributed by atoms with Crippen LogP contribution in [0.5, 0.6) is 0 Å². The molecule has 2 nitrogen and oxygen atoms in total. The van der Waals surface area contributed by atoms with Gasteiger partial charge in [0, 0.05) is 22.3 Å². The van der Waals surface area contributed by atoms with Crippen LogP contribution >= 0.6 is 24.4 Å². The fraction of sp³-hybridized carbons (Fsp3) is 0.417. The van der Waals surface area contributed by atoms with Crippen LogP contribution in [0, 0.1) is 0 Å². The van der Waals surface area contributed by atoms with E-state index in [4.69, 9.17) is 0 Å². The number of benzene rings is 1. The van der Waals surface area contributed by atoms with Gasteiger partial charge in [-0.2, -0.15) is 11.8 Å². The summed E-state index contributed by atoms with van der Waals surface area (Å²) in [6, 6.07) is 7.49. The van der Waals surface area contributed by atoms with Gasteiger partial charge in [0.15, 0.2) is 0 Å². The molecule has 1 rings (SSSR count). The van der Waals surface area contributed by atoms with Crippen molar-refractivity contribution in [3.63, 3.8) is 0 Å². The summed E-state index contributed by atoms with van der Waals surface area (Å²) in [7, 11) is 0. The van der Waals surface area contributed by atoms with Crippen LogP contribution in [0.25, 0.3) is 0 Å². The first-order chi connectivity index (χ1) is 7.67. The molecule has 1 atom stereocenters. The predicted octanol–water partition coefficient (Wildman–Crippen LogP) is 2.85. The van der Waals surface area contributed by atoms with Crippen molar-refractivity contribution in [2.24, 2.45) is 0 Å². The average molecular weight is 255 g/mol. The lowest BCUT2D eigenvalue weighted by molar-refractivity contribution is 0.0940. The summed E-state index contributed by atoms with van der Waals surface area (Å²) in [5.41, 5.74) is 0.692. The quantitative estimate of drug-likeness (QED) is 0.792. The topological polar surface area (TPSA) is 29.1 Å². The Balaban J connectivity index is 2.60. The van der Waals surface area contributed by atoms with Gasteiger partial charge in [-0.3, -0.25) is 4.79 Å². The zero-order chi connectivity index (χ0) is 12.0. The molecule has 1 aromatic rings. The minimum atomic E-state index is -0.00534. The summed E-state index contributed by atoms with van der Waals surface area (Å²) in [6.07, 6.45) is 3.00. The molecule has 0 aliphatic carbocycles. The predicted molar refractivity (Wildman–Crippen MR) is 73.6 cm³/mol. The van der Waals surface area contributed by atoms with E-state index in [1.807, 2.05) is 18.4 Å². The van der Waals surface area contributed by atoms with Crippen LogP contribution in [0.2, 0.25) is 0 Å². The minimum absolute atomic E-state index is 0.00534. The van der Waals surface area contributed by atoms with Gasteiger partial charge >= 0.3 is 0 Å². The standard InChI is InChI=1S/C12H17NOS2/c1-3-10(8-16-2)13-12(14)9-4-6-11(15)7-5-9/h4-7,10,15H,3,8H2,1-2H3,(H,13,14). The summed E-state index contributed by atoms with van der Waals surface area (Å²) in [5.74, 6) is 0.946. The number of nitrogens with one attached hydrogen (secondary N) is 1. The smallest absolute Gasteiger partial charge is 0.251 e. The minimum Gasteiger partial charge on any atom is -0.348 e. The fourth-order valence-electron chi connectivity index (χ4n) is 1.34. The molecule has 0 saturated heterocycles. The number of thioether (sulfide) groups is 1. The molecule has 1 unspecified atom stereocenters. The molecule has 0 spiro atoms. The first-order valence-corrected chi connectivity index (χ1v) is 7.10. The Kier molecular flexibility index (Phi) is 5.77. The van der Waals surface area contributed by atoms with Crippen LogP contribution in [0.4, 0.5) is 0 Å². The lowest BCUT2D eigenvalue weighted by Crippen LogP contribution is -2.36. The summed E-state index contributed by atoms with van der Waals surface area (Å²) in [4.78, 5) is 12.7. The van der Waals surface area contributed by atoms with E-state index in [0.717, 1.165) is 17.1 Å². The van der Waals surface area contributed by atoms with E-state index in [2.05, 4.69) is 24.9 Å². The SMILES string of the molecule is CCC(CSC)NC(=O)c1ccc(S)cc1. The molecule has 0 aromatic heterocycles. The van der Waals surface area contributed by atoms with Crippen molar-refractivity contribution in [2.45, 2.75) is 24.3 Å². The first kappa shape index (κ1) is 13.5. The van der Waals surface area contributed by atoms with Crippen LogP contribution in [0.15, 0.2) is 29.2 Å². The highest BCUT2D eigenvalue weighted by Crippen LogP contribution is 2.09. The molecule has 1 N–H and O–H groups in total. The average Bonchev–Trinajstić information content (AvgIpc) is 2.29. The number of hydrogen-bond acceptors (Lipinski definition) is 3. The Bertz CT molecular complexity index is 337. The number of carbonyl (C=O) groups is 1. The Morgan fingerprint density at radius 3 is 2.56 bits per heavy atom. The zero-order valence-electron chi connectivity index (χ0n) is 9.56. The molecule has 0 heterocycles. The molecule has 16 heavy (non-hydrogen) atoms. The van der Waals surface area contributed by atoms with Crippen LogP contribution in [0.1, 0.15) is 23.7 Å². The van der Waals surface area contributed by atoms with Gasteiger partial charge in [0.25, 0.3) is 5.91 Å². The summed E-state index contributed by atoms with van der Waals surface area (Å²) >= 11 is 5.93.